The maximum atomic E-state index is 10.6. The monoisotopic (exact) mass is 176 g/mol. The second-order valence-electron chi connectivity index (χ2n) is 2.31. The van der Waals surface area contributed by atoms with E-state index >= 15 is 0 Å². The molecule has 70 valence electrons. The Hall–Kier alpha value is -1.10. The van der Waals surface area contributed by atoms with Crippen molar-refractivity contribution in [2.24, 2.45) is 0 Å². The number of aliphatic hydroxyl groups is 1. The lowest BCUT2D eigenvalue weighted by Crippen LogP contribution is -2.19. The minimum Gasteiger partial charge on any atom is -0.460 e. The average Bonchev–Trinajstić information content (AvgIpc) is 1.96. The van der Waals surface area contributed by atoms with Gasteiger partial charge in [-0.25, -0.2) is 4.79 Å². The molecule has 0 saturated heterocycles. The Morgan fingerprint density at radius 1 is 1.42 bits per heavy atom. The smallest absolute Gasteiger partial charge is 0.344 e. The molecule has 0 aliphatic heterocycles. The Bertz CT molecular complexity index is 163. The van der Waals surface area contributed by atoms with E-state index in [1.165, 1.54) is 13.8 Å². The Morgan fingerprint density at radius 3 is 2.42 bits per heavy atom. The van der Waals surface area contributed by atoms with Gasteiger partial charge >= 0.3 is 11.9 Å². The summed E-state index contributed by atoms with van der Waals surface area (Å²) in [5, 5.41) is 8.69. The van der Waals surface area contributed by atoms with Crippen molar-refractivity contribution in [2.45, 2.75) is 20.0 Å². The molecule has 0 aliphatic carbocycles. The molecule has 0 heterocycles. The van der Waals surface area contributed by atoms with Crippen molar-refractivity contribution in [3.05, 3.63) is 0 Å². The van der Waals surface area contributed by atoms with Crippen molar-refractivity contribution in [2.75, 3.05) is 13.2 Å². The van der Waals surface area contributed by atoms with E-state index in [4.69, 9.17) is 5.11 Å². The van der Waals surface area contributed by atoms with Crippen LogP contribution in [0.5, 0.6) is 0 Å². The van der Waals surface area contributed by atoms with Gasteiger partial charge in [-0.05, 0) is 6.92 Å². The molecule has 5 nitrogen and oxygen atoms in total. The number of aliphatic hydroxyl groups excluding tert-OH is 1. The van der Waals surface area contributed by atoms with E-state index in [0.717, 1.165) is 0 Å². The first-order valence-corrected chi connectivity index (χ1v) is 3.49. The number of carbonyl (C=O) groups excluding carboxylic acids is 2. The molecule has 1 atom stereocenters. The molecular formula is C7H12O5. The van der Waals surface area contributed by atoms with Crippen LogP contribution in [0.4, 0.5) is 0 Å². The molecule has 0 aromatic rings. The van der Waals surface area contributed by atoms with Crippen LogP contribution in [-0.2, 0) is 19.1 Å². The zero-order valence-electron chi connectivity index (χ0n) is 7.07. The Morgan fingerprint density at radius 2 is 2.00 bits per heavy atom. The molecular weight excluding hydrogens is 164 g/mol. The summed E-state index contributed by atoms with van der Waals surface area (Å²) in [6, 6.07) is 0. The van der Waals surface area contributed by atoms with Crippen LogP contribution in [0, 0.1) is 0 Å². The molecule has 0 aromatic heterocycles. The number of esters is 2. The number of ether oxygens (including phenoxy) is 2. The Kier molecular flexibility index (Phi) is 5.03. The van der Waals surface area contributed by atoms with Gasteiger partial charge in [-0.2, -0.15) is 0 Å². The third-order valence-electron chi connectivity index (χ3n) is 0.879. The van der Waals surface area contributed by atoms with E-state index in [1.807, 2.05) is 0 Å². The predicted molar refractivity (Wildman–Crippen MR) is 39.3 cm³/mol. The molecule has 0 spiro atoms. The van der Waals surface area contributed by atoms with Gasteiger partial charge in [-0.1, -0.05) is 0 Å². The average molecular weight is 176 g/mol. The van der Waals surface area contributed by atoms with Crippen LogP contribution in [0.25, 0.3) is 0 Å². The predicted octanol–water partition coefficient (Wildman–Crippen LogP) is -0.527. The van der Waals surface area contributed by atoms with Crippen LogP contribution >= 0.6 is 0 Å². The minimum atomic E-state index is -0.703. The lowest BCUT2D eigenvalue weighted by molar-refractivity contribution is -0.159. The largest absolute Gasteiger partial charge is 0.460 e. The Labute approximate surface area is 70.3 Å². The molecule has 5 heteroatoms. The summed E-state index contributed by atoms with van der Waals surface area (Å²) in [4.78, 5) is 20.8. The fourth-order valence-corrected chi connectivity index (χ4v) is 0.416. The summed E-state index contributed by atoms with van der Waals surface area (Å²) < 4.78 is 8.83. The topological polar surface area (TPSA) is 72.8 Å². The molecule has 0 amide bonds. The molecule has 1 N–H and O–H groups in total. The normalized spacial score (nSPS) is 11.9. The van der Waals surface area contributed by atoms with Crippen molar-refractivity contribution in [3.8, 4) is 0 Å². The quantitative estimate of drug-likeness (QED) is 0.583. The van der Waals surface area contributed by atoms with E-state index in [2.05, 4.69) is 9.47 Å². The summed E-state index contributed by atoms with van der Waals surface area (Å²) in [7, 11) is 0. The van der Waals surface area contributed by atoms with Crippen molar-refractivity contribution < 1.29 is 24.2 Å². The van der Waals surface area contributed by atoms with Crippen molar-refractivity contribution >= 4 is 11.9 Å². The lowest BCUT2D eigenvalue weighted by atomic mass is 10.4. The van der Waals surface area contributed by atoms with E-state index < -0.39 is 24.6 Å². The maximum Gasteiger partial charge on any atom is 0.344 e. The van der Waals surface area contributed by atoms with Gasteiger partial charge in [-0.15, -0.1) is 0 Å². The van der Waals surface area contributed by atoms with Crippen LogP contribution in [-0.4, -0.2) is 36.4 Å². The molecule has 1 unspecified atom stereocenters. The second kappa shape index (κ2) is 5.54. The standard InChI is InChI=1S/C7H12O5/c1-5(8)3-12-7(10)4-11-6(2)9/h5,8H,3-4H2,1-2H3. The molecule has 0 aromatic carbocycles. The van der Waals surface area contributed by atoms with E-state index in [9.17, 15) is 9.59 Å². The lowest BCUT2D eigenvalue weighted by Gasteiger charge is -2.05. The summed E-state index contributed by atoms with van der Waals surface area (Å²) in [6.45, 7) is 2.20. The highest BCUT2D eigenvalue weighted by Gasteiger charge is 2.06. The highest BCUT2D eigenvalue weighted by atomic mass is 16.6. The van der Waals surface area contributed by atoms with Crippen LogP contribution in [0.15, 0.2) is 0 Å². The highest BCUT2D eigenvalue weighted by Crippen LogP contribution is 1.86. The fraction of sp³-hybridized carbons (Fsp3) is 0.714. The van der Waals surface area contributed by atoms with Gasteiger partial charge < -0.3 is 14.6 Å². The van der Waals surface area contributed by atoms with Crippen molar-refractivity contribution in [1.82, 2.24) is 0 Å². The molecule has 0 bridgehead atoms. The zero-order chi connectivity index (χ0) is 9.56. The number of rotatable bonds is 4. The molecule has 0 rings (SSSR count). The van der Waals surface area contributed by atoms with Crippen LogP contribution < -0.4 is 0 Å². The first-order valence-electron chi connectivity index (χ1n) is 3.49. The molecule has 0 saturated carbocycles. The Balaban J connectivity index is 3.40. The van der Waals surface area contributed by atoms with E-state index in [1.54, 1.807) is 0 Å². The van der Waals surface area contributed by atoms with Crippen LogP contribution in [0.1, 0.15) is 13.8 Å². The second-order valence-corrected chi connectivity index (χ2v) is 2.31. The first kappa shape index (κ1) is 10.9. The molecule has 0 aliphatic rings. The van der Waals surface area contributed by atoms with Gasteiger partial charge in [0.15, 0.2) is 6.61 Å². The highest BCUT2D eigenvalue weighted by molar-refractivity contribution is 5.75. The van der Waals surface area contributed by atoms with Crippen molar-refractivity contribution in [1.29, 1.82) is 0 Å². The van der Waals surface area contributed by atoms with E-state index in [-0.39, 0.29) is 6.61 Å². The van der Waals surface area contributed by atoms with Crippen molar-refractivity contribution in [3.63, 3.8) is 0 Å². The number of hydrogen-bond donors (Lipinski definition) is 1. The number of carbonyl (C=O) groups is 2. The van der Waals surface area contributed by atoms with Gasteiger partial charge in [0.1, 0.15) is 6.61 Å². The van der Waals surface area contributed by atoms with Gasteiger partial charge in [-0.3, -0.25) is 4.79 Å². The van der Waals surface area contributed by atoms with Crippen LogP contribution in [0.3, 0.4) is 0 Å². The molecule has 0 fully saturated rings. The van der Waals surface area contributed by atoms with Gasteiger partial charge in [0, 0.05) is 6.92 Å². The summed E-state index contributed by atoms with van der Waals surface area (Å²) in [5.74, 6) is -1.20. The van der Waals surface area contributed by atoms with E-state index in [0.29, 0.717) is 0 Å². The minimum absolute atomic E-state index is 0.0832. The fourth-order valence-electron chi connectivity index (χ4n) is 0.416. The third kappa shape index (κ3) is 7.01. The third-order valence-corrected chi connectivity index (χ3v) is 0.879. The SMILES string of the molecule is CC(=O)OCC(=O)OCC(C)O. The summed E-state index contributed by atoms with van der Waals surface area (Å²) >= 11 is 0. The summed E-state index contributed by atoms with van der Waals surface area (Å²) in [5.41, 5.74) is 0. The van der Waals surface area contributed by atoms with Gasteiger partial charge in [0.25, 0.3) is 0 Å². The van der Waals surface area contributed by atoms with Gasteiger partial charge in [0.2, 0.25) is 0 Å². The zero-order valence-corrected chi connectivity index (χ0v) is 7.07. The van der Waals surface area contributed by atoms with Gasteiger partial charge in [0.05, 0.1) is 6.10 Å². The molecule has 12 heavy (non-hydrogen) atoms. The number of hydrogen-bond acceptors (Lipinski definition) is 5. The van der Waals surface area contributed by atoms with Crippen LogP contribution in [0.2, 0.25) is 0 Å². The molecule has 0 radical (unpaired) electrons. The maximum absolute atomic E-state index is 10.6. The first-order chi connectivity index (χ1) is 5.52. The summed E-state index contributed by atoms with van der Waals surface area (Å²) in [6.07, 6.45) is -0.703.